The molecule has 0 atom stereocenters. The van der Waals surface area contributed by atoms with Gasteiger partial charge in [-0.05, 0) is 56.0 Å². The van der Waals surface area contributed by atoms with Crippen molar-refractivity contribution in [1.29, 1.82) is 0 Å². The van der Waals surface area contributed by atoms with E-state index in [1.165, 1.54) is 5.56 Å². The zero-order valence-electron chi connectivity index (χ0n) is 10.6. The molecule has 2 nitrogen and oxygen atoms in total. The Bertz CT molecular complexity index is 378. The lowest BCUT2D eigenvalue weighted by Crippen LogP contribution is -2.28. The van der Waals surface area contributed by atoms with E-state index in [1.54, 1.807) is 0 Å². The first-order valence-corrected chi connectivity index (χ1v) is 7.50. The Balaban J connectivity index is 1.61. The molecule has 1 N–H and O–H groups in total. The molecule has 0 bridgehead atoms. The molecule has 1 fully saturated rings. The van der Waals surface area contributed by atoms with Gasteiger partial charge in [0.05, 0.1) is 0 Å². The fourth-order valence-corrected chi connectivity index (χ4v) is 2.66. The van der Waals surface area contributed by atoms with Gasteiger partial charge in [-0.3, -0.25) is 4.79 Å². The molecule has 1 saturated carbocycles. The number of benzene rings is 1. The van der Waals surface area contributed by atoms with Crippen LogP contribution in [0.3, 0.4) is 0 Å². The molecule has 0 radical (unpaired) electrons. The van der Waals surface area contributed by atoms with Crippen molar-refractivity contribution in [2.24, 2.45) is 5.92 Å². The van der Waals surface area contributed by atoms with Gasteiger partial charge in [-0.1, -0.05) is 28.1 Å². The van der Waals surface area contributed by atoms with Crippen molar-refractivity contribution in [3.63, 3.8) is 0 Å². The van der Waals surface area contributed by atoms with E-state index in [0.717, 1.165) is 49.7 Å². The summed E-state index contributed by atoms with van der Waals surface area (Å²) in [6.45, 7) is 2.08. The third kappa shape index (κ3) is 4.54. The van der Waals surface area contributed by atoms with Crippen LogP contribution in [0, 0.1) is 5.92 Å². The molecule has 2 rings (SSSR count). The predicted octanol–water partition coefficient (Wildman–Crippen LogP) is 3.34. The van der Waals surface area contributed by atoms with Crippen LogP contribution in [0.4, 0.5) is 0 Å². The molecular formula is C15H20BrNO. The Morgan fingerprint density at radius 3 is 2.50 bits per heavy atom. The van der Waals surface area contributed by atoms with Crippen LogP contribution in [0.5, 0.6) is 0 Å². The molecule has 3 heteroatoms. The molecule has 0 amide bonds. The van der Waals surface area contributed by atoms with Gasteiger partial charge in [-0.15, -0.1) is 0 Å². The number of hydrogen-bond donors (Lipinski definition) is 1. The summed E-state index contributed by atoms with van der Waals surface area (Å²) in [5, 5.41) is 3.51. The Morgan fingerprint density at radius 1 is 1.17 bits per heavy atom. The van der Waals surface area contributed by atoms with E-state index in [-0.39, 0.29) is 0 Å². The molecule has 0 spiro atoms. The van der Waals surface area contributed by atoms with Gasteiger partial charge in [-0.25, -0.2) is 0 Å². The van der Waals surface area contributed by atoms with Crippen molar-refractivity contribution in [1.82, 2.24) is 5.32 Å². The number of hydrogen-bond acceptors (Lipinski definition) is 2. The van der Waals surface area contributed by atoms with E-state index < -0.39 is 0 Å². The van der Waals surface area contributed by atoms with Crippen LogP contribution >= 0.6 is 15.9 Å². The lowest BCUT2D eigenvalue weighted by molar-refractivity contribution is -0.120. The van der Waals surface area contributed by atoms with Crippen LogP contribution in [-0.4, -0.2) is 18.9 Å². The van der Waals surface area contributed by atoms with Gasteiger partial charge < -0.3 is 5.32 Å². The van der Waals surface area contributed by atoms with Crippen molar-refractivity contribution >= 4 is 21.7 Å². The van der Waals surface area contributed by atoms with Crippen LogP contribution in [0.25, 0.3) is 0 Å². The summed E-state index contributed by atoms with van der Waals surface area (Å²) in [5.41, 5.74) is 1.37. The standard InChI is InChI=1S/C15H20BrNO/c16-14-5-1-12(2-6-14)9-10-17-11-13-3-7-15(18)8-4-13/h1-2,5-6,13,17H,3-4,7-11H2. The minimum atomic E-state index is 0.445. The Kier molecular flexibility index (Phi) is 5.39. The van der Waals surface area contributed by atoms with E-state index in [4.69, 9.17) is 0 Å². The highest BCUT2D eigenvalue weighted by Crippen LogP contribution is 2.20. The first-order chi connectivity index (χ1) is 8.74. The molecule has 1 aliphatic carbocycles. The highest BCUT2D eigenvalue weighted by molar-refractivity contribution is 9.10. The van der Waals surface area contributed by atoms with Crippen LogP contribution in [0.1, 0.15) is 31.2 Å². The first-order valence-electron chi connectivity index (χ1n) is 6.71. The number of carbonyl (C=O) groups is 1. The third-order valence-electron chi connectivity index (χ3n) is 3.60. The van der Waals surface area contributed by atoms with Crippen LogP contribution in [-0.2, 0) is 11.2 Å². The van der Waals surface area contributed by atoms with E-state index >= 15 is 0 Å². The molecule has 98 valence electrons. The maximum Gasteiger partial charge on any atom is 0.132 e. The van der Waals surface area contributed by atoms with Crippen LogP contribution in [0.15, 0.2) is 28.7 Å². The zero-order chi connectivity index (χ0) is 12.8. The highest BCUT2D eigenvalue weighted by Gasteiger charge is 2.17. The minimum Gasteiger partial charge on any atom is -0.316 e. The summed E-state index contributed by atoms with van der Waals surface area (Å²) < 4.78 is 1.13. The molecular weight excluding hydrogens is 290 g/mol. The van der Waals surface area contributed by atoms with Crippen LogP contribution < -0.4 is 5.32 Å². The fourth-order valence-electron chi connectivity index (χ4n) is 2.39. The largest absolute Gasteiger partial charge is 0.316 e. The molecule has 0 unspecified atom stereocenters. The Morgan fingerprint density at radius 2 is 1.83 bits per heavy atom. The molecule has 1 aliphatic rings. The monoisotopic (exact) mass is 309 g/mol. The summed E-state index contributed by atoms with van der Waals surface area (Å²) >= 11 is 3.44. The predicted molar refractivity (Wildman–Crippen MR) is 77.7 cm³/mol. The third-order valence-corrected chi connectivity index (χ3v) is 4.13. The van der Waals surface area contributed by atoms with Crippen molar-refractivity contribution in [3.8, 4) is 0 Å². The summed E-state index contributed by atoms with van der Waals surface area (Å²) in [7, 11) is 0. The first kappa shape index (κ1) is 13.8. The topological polar surface area (TPSA) is 29.1 Å². The van der Waals surface area contributed by atoms with E-state index in [0.29, 0.717) is 11.7 Å². The molecule has 1 aromatic rings. The van der Waals surface area contributed by atoms with E-state index in [2.05, 4.69) is 45.5 Å². The summed E-state index contributed by atoms with van der Waals surface area (Å²) in [6, 6.07) is 8.49. The number of rotatable bonds is 5. The van der Waals surface area contributed by atoms with Crippen molar-refractivity contribution in [2.75, 3.05) is 13.1 Å². The fraction of sp³-hybridized carbons (Fsp3) is 0.533. The van der Waals surface area contributed by atoms with Gasteiger partial charge >= 0.3 is 0 Å². The minimum absolute atomic E-state index is 0.445. The lowest BCUT2D eigenvalue weighted by Gasteiger charge is -2.21. The SMILES string of the molecule is O=C1CCC(CNCCc2ccc(Br)cc2)CC1. The molecule has 0 heterocycles. The van der Waals surface area contributed by atoms with Gasteiger partial charge in [0, 0.05) is 17.3 Å². The highest BCUT2D eigenvalue weighted by atomic mass is 79.9. The second-order valence-electron chi connectivity index (χ2n) is 5.06. The van der Waals surface area contributed by atoms with Crippen LogP contribution in [0.2, 0.25) is 0 Å². The van der Waals surface area contributed by atoms with Crippen molar-refractivity contribution in [2.45, 2.75) is 32.1 Å². The second-order valence-corrected chi connectivity index (χ2v) is 5.98. The summed E-state index contributed by atoms with van der Waals surface area (Å²) in [5.74, 6) is 1.15. The maximum absolute atomic E-state index is 11.1. The van der Waals surface area contributed by atoms with Gasteiger partial charge in [0.2, 0.25) is 0 Å². The Labute approximate surface area is 117 Å². The molecule has 1 aromatic carbocycles. The molecule has 0 aromatic heterocycles. The number of halogens is 1. The van der Waals surface area contributed by atoms with Gasteiger partial charge in [0.15, 0.2) is 0 Å². The number of ketones is 1. The average Bonchev–Trinajstić information content (AvgIpc) is 2.39. The Hall–Kier alpha value is -0.670. The van der Waals surface area contributed by atoms with E-state index in [9.17, 15) is 4.79 Å². The van der Waals surface area contributed by atoms with Gasteiger partial charge in [-0.2, -0.15) is 0 Å². The maximum atomic E-state index is 11.1. The van der Waals surface area contributed by atoms with Crippen molar-refractivity contribution in [3.05, 3.63) is 34.3 Å². The molecule has 0 saturated heterocycles. The zero-order valence-corrected chi connectivity index (χ0v) is 12.2. The summed E-state index contributed by atoms with van der Waals surface area (Å²) in [4.78, 5) is 11.1. The number of Topliss-reactive ketones (excluding diaryl/α,β-unsaturated/α-hetero) is 1. The molecule has 18 heavy (non-hydrogen) atoms. The lowest BCUT2D eigenvalue weighted by atomic mass is 9.88. The smallest absolute Gasteiger partial charge is 0.132 e. The average molecular weight is 310 g/mol. The summed E-state index contributed by atoms with van der Waals surface area (Å²) in [6.07, 6.45) is 4.80. The second kappa shape index (κ2) is 7.05. The normalized spacial score (nSPS) is 17.1. The molecule has 0 aliphatic heterocycles. The van der Waals surface area contributed by atoms with Gasteiger partial charge in [0.25, 0.3) is 0 Å². The number of nitrogens with one attached hydrogen (secondary N) is 1. The van der Waals surface area contributed by atoms with Gasteiger partial charge in [0.1, 0.15) is 5.78 Å². The quantitative estimate of drug-likeness (QED) is 0.845. The van der Waals surface area contributed by atoms with Crippen molar-refractivity contribution < 1.29 is 4.79 Å². The number of carbonyl (C=O) groups excluding carboxylic acids is 1. The van der Waals surface area contributed by atoms with E-state index in [1.807, 2.05) is 0 Å².